The number of halogens is 1. The van der Waals surface area contributed by atoms with Crippen molar-refractivity contribution in [3.63, 3.8) is 0 Å². The number of carbonyl (C=O) groups is 3. The molecular formula is C24H17BrO4. The summed E-state index contributed by atoms with van der Waals surface area (Å²) in [5.41, 5.74) is -1.45. The molecule has 0 unspecified atom stereocenters. The van der Waals surface area contributed by atoms with Crippen molar-refractivity contribution in [2.24, 2.45) is 10.8 Å². The third-order valence-corrected chi connectivity index (χ3v) is 7.15. The summed E-state index contributed by atoms with van der Waals surface area (Å²) in [4.78, 5) is 39.6. The van der Waals surface area contributed by atoms with Crippen LogP contribution in [0.15, 0.2) is 65.1 Å². The Hall–Kier alpha value is -2.79. The molecule has 4 nitrogen and oxygen atoms in total. The monoisotopic (exact) mass is 448 g/mol. The first kappa shape index (κ1) is 18.3. The van der Waals surface area contributed by atoms with Gasteiger partial charge in [-0.05, 0) is 35.9 Å². The van der Waals surface area contributed by atoms with E-state index in [0.717, 1.165) is 20.8 Å². The van der Waals surface area contributed by atoms with Crippen molar-refractivity contribution in [3.05, 3.63) is 76.3 Å². The second-order valence-electron chi connectivity index (χ2n) is 7.92. The standard InChI is InChI=1S/C24H17BrO4/c1-13(26)24-20(23(24,2)21(27)15-7-10-16(25)11-8-15)19-17-6-4-3-5-14(17)9-12-18(19)29-22(24)28/h3-12,20H,1-2H3/t20-,23-,24-/m0/s1. The Morgan fingerprint density at radius 2 is 1.69 bits per heavy atom. The largest absolute Gasteiger partial charge is 0.425 e. The van der Waals surface area contributed by atoms with E-state index in [1.54, 1.807) is 37.3 Å². The average molecular weight is 449 g/mol. The lowest BCUT2D eigenvalue weighted by molar-refractivity contribution is -0.147. The molecule has 1 aliphatic carbocycles. The number of ketones is 2. The number of rotatable bonds is 3. The summed E-state index contributed by atoms with van der Waals surface area (Å²) < 4.78 is 6.49. The summed E-state index contributed by atoms with van der Waals surface area (Å²) >= 11 is 3.37. The maximum Gasteiger partial charge on any atom is 0.326 e. The number of hydrogen-bond donors (Lipinski definition) is 0. The molecule has 1 fully saturated rings. The van der Waals surface area contributed by atoms with E-state index in [1.165, 1.54) is 6.92 Å². The summed E-state index contributed by atoms with van der Waals surface area (Å²) in [5.74, 6) is -1.30. The zero-order chi connectivity index (χ0) is 20.6. The molecule has 29 heavy (non-hydrogen) atoms. The highest BCUT2D eigenvalue weighted by atomic mass is 79.9. The third kappa shape index (κ3) is 2.11. The van der Waals surface area contributed by atoms with Crippen LogP contribution in [0.1, 0.15) is 35.7 Å². The molecular weight excluding hydrogens is 432 g/mol. The Morgan fingerprint density at radius 1 is 1.00 bits per heavy atom. The molecule has 3 atom stereocenters. The first-order valence-corrected chi connectivity index (χ1v) is 10.2. The van der Waals surface area contributed by atoms with Crippen LogP contribution in [0.4, 0.5) is 0 Å². The van der Waals surface area contributed by atoms with Gasteiger partial charge in [0.15, 0.2) is 5.78 Å². The Bertz CT molecular complexity index is 1230. The first-order valence-electron chi connectivity index (χ1n) is 9.39. The quantitative estimate of drug-likeness (QED) is 0.242. The summed E-state index contributed by atoms with van der Waals surface area (Å²) in [5, 5.41) is 1.88. The highest BCUT2D eigenvalue weighted by molar-refractivity contribution is 9.10. The van der Waals surface area contributed by atoms with Gasteiger partial charge < -0.3 is 4.74 Å². The zero-order valence-electron chi connectivity index (χ0n) is 15.9. The SMILES string of the molecule is CC(=O)[C@@]12C(=O)Oc3ccc4ccccc4c3[C@H]1[C@@]2(C)C(=O)c1ccc(Br)cc1. The molecule has 0 bridgehead atoms. The molecule has 1 aliphatic heterocycles. The van der Waals surface area contributed by atoms with Crippen LogP contribution in [0, 0.1) is 10.8 Å². The van der Waals surface area contributed by atoms with Gasteiger partial charge in [-0.2, -0.15) is 0 Å². The number of ether oxygens (including phenoxy) is 1. The third-order valence-electron chi connectivity index (χ3n) is 6.62. The molecule has 0 saturated heterocycles. The van der Waals surface area contributed by atoms with Crippen molar-refractivity contribution in [2.45, 2.75) is 19.8 Å². The van der Waals surface area contributed by atoms with Crippen molar-refractivity contribution < 1.29 is 19.1 Å². The Labute approximate surface area is 176 Å². The van der Waals surface area contributed by atoms with Gasteiger partial charge in [-0.1, -0.05) is 65.3 Å². The highest BCUT2D eigenvalue weighted by Gasteiger charge is 2.86. The molecule has 1 heterocycles. The second-order valence-corrected chi connectivity index (χ2v) is 8.84. The van der Waals surface area contributed by atoms with E-state index in [1.807, 2.05) is 30.3 Å². The second kappa shape index (κ2) is 5.86. The van der Waals surface area contributed by atoms with Crippen LogP contribution in [-0.2, 0) is 9.59 Å². The number of Topliss-reactive ketones (excluding diaryl/α,β-unsaturated/α-hetero) is 2. The van der Waals surface area contributed by atoms with Crippen LogP contribution in [0.3, 0.4) is 0 Å². The van der Waals surface area contributed by atoms with Gasteiger partial charge in [0, 0.05) is 21.5 Å². The van der Waals surface area contributed by atoms with E-state index >= 15 is 0 Å². The van der Waals surface area contributed by atoms with E-state index in [-0.39, 0.29) is 11.6 Å². The van der Waals surface area contributed by atoms with Gasteiger partial charge in [0.1, 0.15) is 16.9 Å². The summed E-state index contributed by atoms with van der Waals surface area (Å²) in [7, 11) is 0. The number of benzene rings is 3. The maximum absolute atomic E-state index is 13.6. The fraction of sp³-hybridized carbons (Fsp3) is 0.208. The van der Waals surface area contributed by atoms with Gasteiger partial charge in [-0.15, -0.1) is 0 Å². The number of carbonyl (C=O) groups excluding carboxylic acids is 3. The number of esters is 1. The Balaban J connectivity index is 1.77. The van der Waals surface area contributed by atoms with Crippen LogP contribution in [0.5, 0.6) is 5.75 Å². The number of fused-ring (bicyclic) bond motifs is 5. The predicted molar refractivity (Wildman–Crippen MR) is 112 cm³/mol. The molecule has 5 rings (SSSR count). The van der Waals surface area contributed by atoms with E-state index in [4.69, 9.17) is 4.74 Å². The molecule has 0 spiro atoms. The molecule has 3 aromatic rings. The van der Waals surface area contributed by atoms with Crippen LogP contribution in [0.2, 0.25) is 0 Å². The molecule has 3 aromatic carbocycles. The molecule has 1 saturated carbocycles. The van der Waals surface area contributed by atoms with Crippen LogP contribution in [0.25, 0.3) is 10.8 Å². The topological polar surface area (TPSA) is 60.4 Å². The van der Waals surface area contributed by atoms with Gasteiger partial charge in [0.25, 0.3) is 0 Å². The average Bonchev–Trinajstić information content (AvgIpc) is 3.31. The Morgan fingerprint density at radius 3 is 2.38 bits per heavy atom. The van der Waals surface area contributed by atoms with E-state index in [9.17, 15) is 14.4 Å². The van der Waals surface area contributed by atoms with Crippen LogP contribution in [-0.4, -0.2) is 17.5 Å². The first-order chi connectivity index (χ1) is 13.8. The lowest BCUT2D eigenvalue weighted by Crippen LogP contribution is -2.37. The van der Waals surface area contributed by atoms with Crippen molar-refractivity contribution >= 4 is 44.2 Å². The lowest BCUT2D eigenvalue weighted by atomic mass is 9.85. The van der Waals surface area contributed by atoms with Crippen molar-refractivity contribution in [3.8, 4) is 5.75 Å². The van der Waals surface area contributed by atoms with Crippen molar-refractivity contribution in [1.82, 2.24) is 0 Å². The normalized spacial score (nSPS) is 27.0. The predicted octanol–water partition coefficient (Wildman–Crippen LogP) is 5.08. The summed E-state index contributed by atoms with van der Waals surface area (Å²) in [6.07, 6.45) is 0. The fourth-order valence-electron chi connectivity index (χ4n) is 5.22. The molecule has 0 N–H and O–H groups in total. The van der Waals surface area contributed by atoms with Crippen LogP contribution >= 0.6 is 15.9 Å². The Kier molecular flexibility index (Phi) is 3.69. The molecule has 0 amide bonds. The van der Waals surface area contributed by atoms with Gasteiger partial charge in [-0.3, -0.25) is 14.4 Å². The fourth-order valence-corrected chi connectivity index (χ4v) is 5.49. The van der Waals surface area contributed by atoms with E-state index in [0.29, 0.717) is 11.3 Å². The van der Waals surface area contributed by atoms with Gasteiger partial charge in [-0.25, -0.2) is 0 Å². The van der Waals surface area contributed by atoms with Crippen LogP contribution < -0.4 is 4.74 Å². The maximum atomic E-state index is 13.6. The van der Waals surface area contributed by atoms with Crippen molar-refractivity contribution in [2.75, 3.05) is 0 Å². The number of hydrogen-bond acceptors (Lipinski definition) is 4. The van der Waals surface area contributed by atoms with E-state index in [2.05, 4.69) is 15.9 Å². The zero-order valence-corrected chi connectivity index (χ0v) is 17.4. The molecule has 0 aromatic heterocycles. The molecule has 144 valence electrons. The minimum atomic E-state index is -1.49. The minimum Gasteiger partial charge on any atom is -0.425 e. The molecule has 0 radical (unpaired) electrons. The smallest absolute Gasteiger partial charge is 0.326 e. The van der Waals surface area contributed by atoms with Crippen molar-refractivity contribution in [1.29, 1.82) is 0 Å². The molecule has 5 heteroatoms. The lowest BCUT2D eigenvalue weighted by Gasteiger charge is -2.22. The van der Waals surface area contributed by atoms with Gasteiger partial charge in [0.05, 0.1) is 5.41 Å². The highest BCUT2D eigenvalue weighted by Crippen LogP contribution is 2.79. The summed E-state index contributed by atoms with van der Waals surface area (Å²) in [6.45, 7) is 3.10. The minimum absolute atomic E-state index is 0.220. The summed E-state index contributed by atoms with van der Waals surface area (Å²) in [6, 6.07) is 18.4. The van der Waals surface area contributed by atoms with Gasteiger partial charge >= 0.3 is 5.97 Å². The van der Waals surface area contributed by atoms with E-state index < -0.39 is 22.7 Å². The molecule has 2 aliphatic rings. The van der Waals surface area contributed by atoms with Gasteiger partial charge in [0.2, 0.25) is 0 Å².